The fourth-order valence-electron chi connectivity index (χ4n) is 1.04. The fraction of sp³-hybridized carbons (Fsp3) is 0.357. The van der Waals surface area contributed by atoms with Gasteiger partial charge in [-0.1, -0.05) is 38.8 Å². The SMILES string of the molecule is C=NC(C)(C)C(C)C(=C)/C=C\C(=C)C(=C)O. The van der Waals surface area contributed by atoms with Crippen molar-refractivity contribution in [3.8, 4) is 0 Å². The third-order valence-corrected chi connectivity index (χ3v) is 2.89. The van der Waals surface area contributed by atoms with E-state index in [1.807, 2.05) is 26.8 Å². The van der Waals surface area contributed by atoms with E-state index in [1.54, 1.807) is 6.08 Å². The summed E-state index contributed by atoms with van der Waals surface area (Å²) in [5, 5.41) is 9.08. The molecule has 0 bridgehead atoms. The Hall–Kier alpha value is -1.57. The molecule has 0 aliphatic rings. The zero-order valence-electron chi connectivity index (χ0n) is 10.5. The van der Waals surface area contributed by atoms with Gasteiger partial charge < -0.3 is 5.11 Å². The van der Waals surface area contributed by atoms with Crippen molar-refractivity contribution in [2.24, 2.45) is 10.9 Å². The lowest BCUT2D eigenvalue weighted by atomic mass is 9.84. The van der Waals surface area contributed by atoms with E-state index in [9.17, 15) is 0 Å². The van der Waals surface area contributed by atoms with E-state index in [0.717, 1.165) is 5.57 Å². The number of hydrogen-bond donors (Lipinski definition) is 1. The Morgan fingerprint density at radius 2 is 1.75 bits per heavy atom. The summed E-state index contributed by atoms with van der Waals surface area (Å²) in [5.41, 5.74) is 1.15. The summed E-state index contributed by atoms with van der Waals surface area (Å²) in [4.78, 5) is 4.07. The maximum atomic E-state index is 9.08. The smallest absolute Gasteiger partial charge is 0.115 e. The minimum absolute atomic E-state index is 0.0298. The van der Waals surface area contributed by atoms with E-state index in [-0.39, 0.29) is 17.2 Å². The Bertz CT molecular complexity index is 348. The molecule has 0 aliphatic heterocycles. The first-order valence-corrected chi connectivity index (χ1v) is 5.14. The van der Waals surface area contributed by atoms with Crippen LogP contribution in [-0.4, -0.2) is 17.4 Å². The van der Waals surface area contributed by atoms with Gasteiger partial charge in [-0.25, -0.2) is 0 Å². The van der Waals surface area contributed by atoms with E-state index in [0.29, 0.717) is 5.57 Å². The highest BCUT2D eigenvalue weighted by atomic mass is 16.3. The van der Waals surface area contributed by atoms with Crippen molar-refractivity contribution in [1.82, 2.24) is 0 Å². The van der Waals surface area contributed by atoms with Gasteiger partial charge in [-0.05, 0) is 26.1 Å². The van der Waals surface area contributed by atoms with Crippen LogP contribution in [0.5, 0.6) is 0 Å². The van der Waals surface area contributed by atoms with Crippen molar-refractivity contribution in [2.75, 3.05) is 0 Å². The molecular weight excluding hydrogens is 198 g/mol. The molecule has 0 radical (unpaired) electrons. The van der Waals surface area contributed by atoms with Gasteiger partial charge in [0.25, 0.3) is 0 Å². The molecule has 0 aliphatic carbocycles. The van der Waals surface area contributed by atoms with Crippen molar-refractivity contribution >= 4 is 6.72 Å². The third kappa shape index (κ3) is 3.89. The molecule has 2 nitrogen and oxygen atoms in total. The fourth-order valence-corrected chi connectivity index (χ4v) is 1.04. The lowest BCUT2D eigenvalue weighted by Gasteiger charge is -2.27. The van der Waals surface area contributed by atoms with Crippen molar-refractivity contribution < 1.29 is 5.11 Å². The van der Waals surface area contributed by atoms with E-state index in [2.05, 4.69) is 31.4 Å². The van der Waals surface area contributed by atoms with Crippen molar-refractivity contribution in [3.63, 3.8) is 0 Å². The first-order valence-electron chi connectivity index (χ1n) is 5.14. The predicted octanol–water partition coefficient (Wildman–Crippen LogP) is 3.84. The molecule has 0 saturated heterocycles. The Morgan fingerprint density at radius 1 is 1.25 bits per heavy atom. The third-order valence-electron chi connectivity index (χ3n) is 2.89. The maximum Gasteiger partial charge on any atom is 0.115 e. The molecule has 0 fully saturated rings. The van der Waals surface area contributed by atoms with Gasteiger partial charge in [0.05, 0.1) is 5.54 Å². The summed E-state index contributed by atoms with van der Waals surface area (Å²) in [5.74, 6) is 0.138. The number of nitrogens with zero attached hydrogens (tertiary/aromatic N) is 1. The van der Waals surface area contributed by atoms with Gasteiger partial charge in [0.1, 0.15) is 5.76 Å². The van der Waals surface area contributed by atoms with Gasteiger partial charge in [-0.15, -0.1) is 0 Å². The highest BCUT2D eigenvalue weighted by molar-refractivity contribution is 5.36. The van der Waals surface area contributed by atoms with Crippen LogP contribution in [0.25, 0.3) is 0 Å². The first kappa shape index (κ1) is 14.4. The lowest BCUT2D eigenvalue weighted by Crippen LogP contribution is -2.27. The van der Waals surface area contributed by atoms with Gasteiger partial charge in [0.15, 0.2) is 0 Å². The molecule has 88 valence electrons. The van der Waals surface area contributed by atoms with Gasteiger partial charge in [0, 0.05) is 11.5 Å². The number of hydrogen-bond acceptors (Lipinski definition) is 2. The maximum absolute atomic E-state index is 9.08. The van der Waals surface area contributed by atoms with E-state index < -0.39 is 0 Å². The highest BCUT2D eigenvalue weighted by Crippen LogP contribution is 2.27. The zero-order chi connectivity index (χ0) is 12.9. The highest BCUT2D eigenvalue weighted by Gasteiger charge is 2.24. The van der Waals surface area contributed by atoms with Crippen LogP contribution in [0.1, 0.15) is 20.8 Å². The Balaban J connectivity index is 4.66. The van der Waals surface area contributed by atoms with Gasteiger partial charge in [0.2, 0.25) is 0 Å². The minimum atomic E-state index is -0.251. The average Bonchev–Trinajstić information content (AvgIpc) is 2.23. The standard InChI is InChI=1S/C14H21NO/c1-10(8-9-11(2)13(4)16)12(3)14(5,6)15-7/h8-9,12,16H,1-2,4,7H2,3,5-6H3/b9-8-. The zero-order valence-corrected chi connectivity index (χ0v) is 10.5. The van der Waals surface area contributed by atoms with Crippen LogP contribution in [0.4, 0.5) is 0 Å². The summed E-state index contributed by atoms with van der Waals surface area (Å²) in [7, 11) is 0. The molecular formula is C14H21NO. The Morgan fingerprint density at radius 3 is 2.12 bits per heavy atom. The van der Waals surface area contributed by atoms with Crippen molar-refractivity contribution in [1.29, 1.82) is 0 Å². The molecule has 0 aromatic rings. The van der Waals surface area contributed by atoms with Crippen LogP contribution in [0.2, 0.25) is 0 Å². The molecule has 1 atom stereocenters. The van der Waals surface area contributed by atoms with E-state index in [4.69, 9.17) is 5.11 Å². The number of aliphatic imine (C=N–C) groups is 1. The predicted molar refractivity (Wildman–Crippen MR) is 72.0 cm³/mol. The summed E-state index contributed by atoms with van der Waals surface area (Å²) in [6.45, 7) is 20.6. The van der Waals surface area contributed by atoms with E-state index in [1.165, 1.54) is 0 Å². The van der Waals surface area contributed by atoms with Crippen molar-refractivity contribution in [3.05, 3.63) is 48.8 Å². The molecule has 1 unspecified atom stereocenters. The normalized spacial score (nSPS) is 13.4. The molecule has 1 N–H and O–H groups in total. The second-order valence-electron chi connectivity index (χ2n) is 4.41. The lowest BCUT2D eigenvalue weighted by molar-refractivity contribution is 0.404. The Labute approximate surface area is 98.4 Å². The summed E-state index contributed by atoms with van der Waals surface area (Å²) in [6, 6.07) is 0. The molecule has 0 aromatic heterocycles. The van der Waals surface area contributed by atoms with Crippen LogP contribution >= 0.6 is 0 Å². The minimum Gasteiger partial charge on any atom is -0.508 e. The number of rotatable bonds is 6. The summed E-state index contributed by atoms with van der Waals surface area (Å²) >= 11 is 0. The second kappa shape index (κ2) is 5.50. The second-order valence-corrected chi connectivity index (χ2v) is 4.41. The molecule has 0 saturated carbocycles. The Kier molecular flexibility index (Phi) is 4.96. The van der Waals surface area contributed by atoms with Gasteiger partial charge in [-0.3, -0.25) is 4.99 Å². The summed E-state index contributed by atoms with van der Waals surface area (Å²) < 4.78 is 0. The molecule has 2 heteroatoms. The largest absolute Gasteiger partial charge is 0.508 e. The van der Waals surface area contributed by atoms with Crippen LogP contribution in [0.15, 0.2) is 53.8 Å². The average molecular weight is 219 g/mol. The van der Waals surface area contributed by atoms with Gasteiger partial charge in [-0.2, -0.15) is 0 Å². The number of allylic oxidation sites excluding steroid dienone is 2. The van der Waals surface area contributed by atoms with Crippen LogP contribution in [0.3, 0.4) is 0 Å². The van der Waals surface area contributed by atoms with E-state index >= 15 is 0 Å². The van der Waals surface area contributed by atoms with Crippen LogP contribution in [0, 0.1) is 5.92 Å². The first-order chi connectivity index (χ1) is 7.22. The topological polar surface area (TPSA) is 32.6 Å². The van der Waals surface area contributed by atoms with Crippen LogP contribution in [-0.2, 0) is 0 Å². The molecule has 0 aromatic carbocycles. The summed E-state index contributed by atoms with van der Waals surface area (Å²) in [6.07, 6.45) is 3.52. The molecule has 0 heterocycles. The van der Waals surface area contributed by atoms with Crippen LogP contribution < -0.4 is 0 Å². The molecule has 16 heavy (non-hydrogen) atoms. The molecule has 0 spiro atoms. The van der Waals surface area contributed by atoms with Crippen molar-refractivity contribution in [2.45, 2.75) is 26.3 Å². The number of aliphatic hydroxyl groups is 1. The quantitative estimate of drug-likeness (QED) is 0.411. The molecule has 0 amide bonds. The number of aliphatic hydroxyl groups excluding tert-OH is 1. The monoisotopic (exact) mass is 219 g/mol. The van der Waals surface area contributed by atoms with Gasteiger partial charge >= 0.3 is 0 Å². The molecule has 0 rings (SSSR count).